The Morgan fingerprint density at radius 3 is 2.90 bits per heavy atom. The van der Waals surface area contributed by atoms with Crippen LogP contribution in [0, 0.1) is 6.92 Å². The monoisotopic (exact) mass is 302 g/mol. The Balaban J connectivity index is 1.96. The summed E-state index contributed by atoms with van der Waals surface area (Å²) in [6, 6.07) is 10.3. The SMILES string of the molecule is Cc1cnc(Cl)c(NC2CC(C)(C)Oc3ccccc32)c1. The van der Waals surface area contributed by atoms with E-state index >= 15 is 0 Å². The van der Waals surface area contributed by atoms with E-state index in [0.29, 0.717) is 5.15 Å². The molecule has 110 valence electrons. The van der Waals surface area contributed by atoms with E-state index < -0.39 is 0 Å². The van der Waals surface area contributed by atoms with Gasteiger partial charge in [-0.05, 0) is 38.5 Å². The molecule has 1 aromatic heterocycles. The van der Waals surface area contributed by atoms with Crippen molar-refractivity contribution in [3.8, 4) is 5.75 Å². The molecule has 0 spiro atoms. The molecule has 2 aromatic rings. The molecule has 2 heterocycles. The Morgan fingerprint density at radius 1 is 1.33 bits per heavy atom. The first-order valence-corrected chi connectivity index (χ1v) is 7.49. The molecule has 1 N–H and O–H groups in total. The van der Waals surface area contributed by atoms with Crippen molar-refractivity contribution < 1.29 is 4.74 Å². The highest BCUT2D eigenvalue weighted by Crippen LogP contribution is 2.41. The fourth-order valence-electron chi connectivity index (χ4n) is 2.77. The van der Waals surface area contributed by atoms with Gasteiger partial charge in [-0.3, -0.25) is 0 Å². The summed E-state index contributed by atoms with van der Waals surface area (Å²) in [5, 5.41) is 4.03. The van der Waals surface area contributed by atoms with Crippen LogP contribution >= 0.6 is 11.6 Å². The van der Waals surface area contributed by atoms with Crippen LogP contribution in [0.3, 0.4) is 0 Å². The van der Waals surface area contributed by atoms with Crippen LogP contribution in [0.4, 0.5) is 5.69 Å². The highest BCUT2D eigenvalue weighted by atomic mass is 35.5. The van der Waals surface area contributed by atoms with Gasteiger partial charge in [0, 0.05) is 18.2 Å². The molecule has 21 heavy (non-hydrogen) atoms. The van der Waals surface area contributed by atoms with E-state index in [1.54, 1.807) is 6.20 Å². The topological polar surface area (TPSA) is 34.2 Å². The normalized spacial score (nSPS) is 19.5. The number of anilines is 1. The van der Waals surface area contributed by atoms with Crippen molar-refractivity contribution in [3.63, 3.8) is 0 Å². The lowest BCUT2D eigenvalue weighted by Crippen LogP contribution is -2.37. The number of ether oxygens (including phenoxy) is 1. The van der Waals surface area contributed by atoms with Gasteiger partial charge >= 0.3 is 0 Å². The molecular formula is C17H19ClN2O. The quantitative estimate of drug-likeness (QED) is 0.812. The van der Waals surface area contributed by atoms with E-state index in [9.17, 15) is 0 Å². The van der Waals surface area contributed by atoms with Gasteiger partial charge in [-0.15, -0.1) is 0 Å². The second-order valence-corrected chi connectivity index (χ2v) is 6.51. The summed E-state index contributed by atoms with van der Waals surface area (Å²) in [5.74, 6) is 0.933. The van der Waals surface area contributed by atoms with Crippen molar-refractivity contribution in [2.75, 3.05) is 5.32 Å². The van der Waals surface area contributed by atoms with Crippen LogP contribution in [0.15, 0.2) is 36.5 Å². The lowest BCUT2D eigenvalue weighted by atomic mass is 9.89. The number of hydrogen-bond donors (Lipinski definition) is 1. The van der Waals surface area contributed by atoms with Crippen molar-refractivity contribution in [1.82, 2.24) is 4.98 Å². The number of aromatic nitrogens is 1. The summed E-state index contributed by atoms with van der Waals surface area (Å²) in [6.07, 6.45) is 2.64. The third-order valence-electron chi connectivity index (χ3n) is 3.68. The Bertz CT molecular complexity index is 670. The average molecular weight is 303 g/mol. The Morgan fingerprint density at radius 2 is 2.10 bits per heavy atom. The molecule has 3 rings (SSSR count). The zero-order valence-corrected chi connectivity index (χ0v) is 13.2. The molecule has 0 saturated heterocycles. The minimum absolute atomic E-state index is 0.158. The molecule has 1 unspecified atom stereocenters. The van der Waals surface area contributed by atoms with Gasteiger partial charge in [-0.2, -0.15) is 0 Å². The molecule has 1 atom stereocenters. The van der Waals surface area contributed by atoms with Crippen LogP contribution in [-0.4, -0.2) is 10.6 Å². The van der Waals surface area contributed by atoms with Crippen LogP contribution in [-0.2, 0) is 0 Å². The highest BCUT2D eigenvalue weighted by Gasteiger charge is 2.33. The van der Waals surface area contributed by atoms with E-state index in [1.165, 1.54) is 0 Å². The number of benzene rings is 1. The number of fused-ring (bicyclic) bond motifs is 1. The summed E-state index contributed by atoms with van der Waals surface area (Å²) >= 11 is 6.21. The number of aryl methyl sites for hydroxylation is 1. The molecule has 4 heteroatoms. The lowest BCUT2D eigenvalue weighted by Gasteiger charge is -2.38. The van der Waals surface area contributed by atoms with E-state index in [0.717, 1.165) is 29.0 Å². The van der Waals surface area contributed by atoms with E-state index in [1.807, 2.05) is 31.2 Å². The van der Waals surface area contributed by atoms with Crippen LogP contribution in [0.5, 0.6) is 5.75 Å². The van der Waals surface area contributed by atoms with Crippen LogP contribution in [0.2, 0.25) is 5.15 Å². The van der Waals surface area contributed by atoms with Crippen molar-refractivity contribution >= 4 is 17.3 Å². The predicted molar refractivity (Wildman–Crippen MR) is 86.1 cm³/mol. The Hall–Kier alpha value is -1.74. The molecule has 0 bridgehead atoms. The number of pyridine rings is 1. The number of nitrogens with zero attached hydrogens (tertiary/aromatic N) is 1. The maximum absolute atomic E-state index is 6.21. The molecule has 3 nitrogen and oxygen atoms in total. The van der Waals surface area contributed by atoms with Gasteiger partial charge in [-0.25, -0.2) is 4.98 Å². The molecule has 0 aliphatic carbocycles. The molecule has 1 aliphatic heterocycles. The molecule has 0 radical (unpaired) electrons. The number of hydrogen-bond acceptors (Lipinski definition) is 3. The van der Waals surface area contributed by atoms with Crippen molar-refractivity contribution in [1.29, 1.82) is 0 Å². The first kappa shape index (κ1) is 14.2. The molecule has 1 aromatic carbocycles. The van der Waals surface area contributed by atoms with E-state index in [-0.39, 0.29) is 11.6 Å². The largest absolute Gasteiger partial charge is 0.487 e. The smallest absolute Gasteiger partial charge is 0.152 e. The van der Waals surface area contributed by atoms with Gasteiger partial charge in [-0.1, -0.05) is 29.8 Å². The number of rotatable bonds is 2. The zero-order chi connectivity index (χ0) is 15.0. The van der Waals surface area contributed by atoms with Crippen molar-refractivity contribution in [2.24, 2.45) is 0 Å². The van der Waals surface area contributed by atoms with Gasteiger partial charge in [0.2, 0.25) is 0 Å². The minimum atomic E-state index is -0.213. The summed E-state index contributed by atoms with van der Waals surface area (Å²) < 4.78 is 6.05. The molecule has 1 aliphatic rings. The Labute approximate surface area is 130 Å². The molecule has 0 amide bonds. The second-order valence-electron chi connectivity index (χ2n) is 6.15. The highest BCUT2D eigenvalue weighted by molar-refractivity contribution is 6.32. The molecule has 0 saturated carbocycles. The van der Waals surface area contributed by atoms with Crippen molar-refractivity contribution in [3.05, 3.63) is 52.8 Å². The van der Waals surface area contributed by atoms with Crippen LogP contribution < -0.4 is 10.1 Å². The maximum Gasteiger partial charge on any atom is 0.152 e. The third kappa shape index (κ3) is 2.98. The van der Waals surface area contributed by atoms with Crippen LogP contribution in [0.1, 0.15) is 37.4 Å². The zero-order valence-electron chi connectivity index (χ0n) is 12.5. The first-order chi connectivity index (χ1) is 9.94. The fourth-order valence-corrected chi connectivity index (χ4v) is 2.93. The van der Waals surface area contributed by atoms with Crippen LogP contribution in [0.25, 0.3) is 0 Å². The van der Waals surface area contributed by atoms with Gasteiger partial charge in [0.25, 0.3) is 0 Å². The fraction of sp³-hybridized carbons (Fsp3) is 0.353. The maximum atomic E-state index is 6.21. The summed E-state index contributed by atoms with van der Waals surface area (Å²) in [6.45, 7) is 6.22. The lowest BCUT2D eigenvalue weighted by molar-refractivity contribution is 0.0759. The summed E-state index contributed by atoms with van der Waals surface area (Å²) in [7, 11) is 0. The van der Waals surface area contributed by atoms with Gasteiger partial charge in [0.15, 0.2) is 5.15 Å². The number of para-hydroxylation sites is 1. The number of nitrogens with one attached hydrogen (secondary N) is 1. The van der Waals surface area contributed by atoms with E-state index in [4.69, 9.17) is 16.3 Å². The van der Waals surface area contributed by atoms with E-state index in [2.05, 4.69) is 30.2 Å². The average Bonchev–Trinajstić information content (AvgIpc) is 2.41. The second kappa shape index (κ2) is 5.23. The van der Waals surface area contributed by atoms with Gasteiger partial charge < -0.3 is 10.1 Å². The summed E-state index contributed by atoms with van der Waals surface area (Å²) in [5.41, 5.74) is 2.90. The first-order valence-electron chi connectivity index (χ1n) is 7.11. The predicted octanol–water partition coefficient (Wildman–Crippen LogP) is 4.76. The Kier molecular flexibility index (Phi) is 3.54. The minimum Gasteiger partial charge on any atom is -0.487 e. The van der Waals surface area contributed by atoms with Gasteiger partial charge in [0.05, 0.1) is 11.7 Å². The number of halogens is 1. The summed E-state index contributed by atoms with van der Waals surface area (Å²) in [4.78, 5) is 4.21. The van der Waals surface area contributed by atoms with Gasteiger partial charge in [0.1, 0.15) is 11.4 Å². The standard InChI is InChI=1S/C17H19ClN2O/c1-11-8-13(16(18)19-10-11)20-14-9-17(2,3)21-15-7-5-4-6-12(14)15/h4-8,10,14,20H,9H2,1-3H3. The third-order valence-corrected chi connectivity index (χ3v) is 3.98. The molecular weight excluding hydrogens is 284 g/mol. The van der Waals surface area contributed by atoms with Crippen molar-refractivity contribution in [2.45, 2.75) is 38.8 Å². The molecule has 0 fully saturated rings.